The number of benzene rings is 2. The Morgan fingerprint density at radius 2 is 1.80 bits per heavy atom. The summed E-state index contributed by atoms with van der Waals surface area (Å²) in [7, 11) is 1.64. The summed E-state index contributed by atoms with van der Waals surface area (Å²) >= 11 is 6.20. The quantitative estimate of drug-likeness (QED) is 0.907. The number of aliphatic hydroxyl groups excluding tert-OH is 1. The maximum absolute atomic E-state index is 10.3. The van der Waals surface area contributed by atoms with Gasteiger partial charge in [0.05, 0.1) is 13.2 Å². The molecule has 0 amide bonds. The Morgan fingerprint density at radius 3 is 2.50 bits per heavy atom. The summed E-state index contributed by atoms with van der Waals surface area (Å²) in [5.41, 5.74) is 3.10. The van der Waals surface area contributed by atoms with Gasteiger partial charge in [-0.05, 0) is 35.7 Å². The van der Waals surface area contributed by atoms with Crippen LogP contribution in [0.15, 0.2) is 42.5 Å². The summed E-state index contributed by atoms with van der Waals surface area (Å²) in [5, 5.41) is 11.0. The van der Waals surface area contributed by atoms with E-state index in [9.17, 15) is 5.11 Å². The average Bonchev–Trinajstić information content (AvgIpc) is 2.42. The molecule has 0 aliphatic rings. The van der Waals surface area contributed by atoms with Crippen molar-refractivity contribution in [1.82, 2.24) is 0 Å². The molecule has 0 radical (unpaired) electrons. The van der Waals surface area contributed by atoms with Crippen LogP contribution >= 0.6 is 11.6 Å². The van der Waals surface area contributed by atoms with E-state index in [4.69, 9.17) is 16.3 Å². The van der Waals surface area contributed by atoms with Gasteiger partial charge >= 0.3 is 0 Å². The zero-order valence-corrected chi connectivity index (χ0v) is 12.5. The Kier molecular flexibility index (Phi) is 5.05. The SMILES string of the molecule is COc1ccccc1CC(O)Cc1ccc(C)cc1Cl. The van der Waals surface area contributed by atoms with Gasteiger partial charge in [-0.3, -0.25) is 0 Å². The number of ether oxygens (including phenoxy) is 1. The zero-order valence-electron chi connectivity index (χ0n) is 11.8. The van der Waals surface area contributed by atoms with Gasteiger partial charge in [0.2, 0.25) is 0 Å². The highest BCUT2D eigenvalue weighted by Gasteiger charge is 2.12. The van der Waals surface area contributed by atoms with E-state index in [1.807, 2.05) is 49.4 Å². The van der Waals surface area contributed by atoms with Gasteiger partial charge in [0.1, 0.15) is 5.75 Å². The molecule has 0 heterocycles. The lowest BCUT2D eigenvalue weighted by molar-refractivity contribution is 0.174. The van der Waals surface area contributed by atoms with Crippen molar-refractivity contribution in [3.8, 4) is 5.75 Å². The fourth-order valence-corrected chi connectivity index (χ4v) is 2.58. The standard InChI is InChI=1S/C17H19ClO2/c1-12-7-8-13(16(18)9-12)10-15(19)11-14-5-3-4-6-17(14)20-2/h3-9,15,19H,10-11H2,1-2H3. The van der Waals surface area contributed by atoms with Gasteiger partial charge in [-0.25, -0.2) is 0 Å². The van der Waals surface area contributed by atoms with Crippen LogP contribution in [0.5, 0.6) is 5.75 Å². The second-order valence-electron chi connectivity index (χ2n) is 4.97. The molecule has 0 aliphatic heterocycles. The summed E-state index contributed by atoms with van der Waals surface area (Å²) in [6, 6.07) is 13.7. The lowest BCUT2D eigenvalue weighted by Crippen LogP contribution is -2.14. The molecule has 0 bridgehead atoms. The Balaban J connectivity index is 2.07. The molecule has 2 nitrogen and oxygen atoms in total. The zero-order chi connectivity index (χ0) is 14.5. The number of hydrogen-bond donors (Lipinski definition) is 1. The Hall–Kier alpha value is -1.51. The second-order valence-corrected chi connectivity index (χ2v) is 5.38. The molecule has 0 saturated heterocycles. The van der Waals surface area contributed by atoms with Crippen LogP contribution in [0.1, 0.15) is 16.7 Å². The molecule has 1 unspecified atom stereocenters. The van der Waals surface area contributed by atoms with E-state index in [1.165, 1.54) is 0 Å². The molecule has 20 heavy (non-hydrogen) atoms. The Morgan fingerprint density at radius 1 is 1.10 bits per heavy atom. The Bertz CT molecular complexity index is 581. The molecule has 0 aliphatic carbocycles. The van der Waals surface area contributed by atoms with Crippen molar-refractivity contribution < 1.29 is 9.84 Å². The van der Waals surface area contributed by atoms with Crippen LogP contribution in [0.4, 0.5) is 0 Å². The van der Waals surface area contributed by atoms with E-state index in [2.05, 4.69) is 0 Å². The summed E-state index contributed by atoms with van der Waals surface area (Å²) in [5.74, 6) is 0.807. The van der Waals surface area contributed by atoms with Crippen LogP contribution in [0.25, 0.3) is 0 Å². The molecule has 2 rings (SSSR count). The van der Waals surface area contributed by atoms with E-state index in [1.54, 1.807) is 7.11 Å². The summed E-state index contributed by atoms with van der Waals surface area (Å²) in [6.07, 6.45) is 0.609. The van der Waals surface area contributed by atoms with Crippen molar-refractivity contribution in [2.24, 2.45) is 0 Å². The van der Waals surface area contributed by atoms with Crippen LogP contribution in [-0.2, 0) is 12.8 Å². The molecule has 0 spiro atoms. The minimum absolute atomic E-state index is 0.480. The number of para-hydroxylation sites is 1. The molecule has 0 saturated carbocycles. The van der Waals surface area contributed by atoms with E-state index >= 15 is 0 Å². The molecular weight excluding hydrogens is 272 g/mol. The molecule has 3 heteroatoms. The third-order valence-electron chi connectivity index (χ3n) is 3.31. The number of aliphatic hydroxyl groups is 1. The number of rotatable bonds is 5. The smallest absolute Gasteiger partial charge is 0.122 e. The first-order valence-corrected chi connectivity index (χ1v) is 7.03. The molecule has 2 aromatic carbocycles. The van der Waals surface area contributed by atoms with Crippen LogP contribution in [0.2, 0.25) is 5.02 Å². The van der Waals surface area contributed by atoms with Gasteiger partial charge in [-0.15, -0.1) is 0 Å². The van der Waals surface area contributed by atoms with E-state index in [-0.39, 0.29) is 0 Å². The normalized spacial score (nSPS) is 12.2. The molecule has 1 atom stereocenters. The first-order chi connectivity index (χ1) is 9.60. The maximum atomic E-state index is 10.3. The lowest BCUT2D eigenvalue weighted by atomic mass is 10.00. The van der Waals surface area contributed by atoms with Crippen LogP contribution in [-0.4, -0.2) is 18.3 Å². The van der Waals surface area contributed by atoms with Gasteiger partial charge < -0.3 is 9.84 Å². The van der Waals surface area contributed by atoms with Crippen molar-refractivity contribution in [3.05, 3.63) is 64.2 Å². The molecule has 1 N–H and O–H groups in total. The minimum atomic E-state index is -0.480. The predicted molar refractivity (Wildman–Crippen MR) is 82.6 cm³/mol. The van der Waals surface area contributed by atoms with Crippen molar-refractivity contribution >= 4 is 11.6 Å². The predicted octanol–water partition coefficient (Wildman–Crippen LogP) is 3.80. The van der Waals surface area contributed by atoms with Crippen molar-refractivity contribution in [2.45, 2.75) is 25.9 Å². The van der Waals surface area contributed by atoms with Crippen LogP contribution in [0, 0.1) is 6.92 Å². The first kappa shape index (κ1) is 14.9. The molecular formula is C17H19ClO2. The Labute approximate surface area is 125 Å². The van der Waals surface area contributed by atoms with Crippen molar-refractivity contribution in [1.29, 1.82) is 0 Å². The molecule has 2 aromatic rings. The topological polar surface area (TPSA) is 29.5 Å². The largest absolute Gasteiger partial charge is 0.496 e. The number of hydrogen-bond acceptors (Lipinski definition) is 2. The van der Waals surface area contributed by atoms with Gasteiger partial charge in [0, 0.05) is 17.9 Å². The fraction of sp³-hybridized carbons (Fsp3) is 0.294. The third-order valence-corrected chi connectivity index (χ3v) is 3.66. The number of aryl methyl sites for hydroxylation is 1. The molecule has 0 aromatic heterocycles. The molecule has 0 fully saturated rings. The van der Waals surface area contributed by atoms with Crippen LogP contribution < -0.4 is 4.74 Å². The fourth-order valence-electron chi connectivity index (χ4n) is 2.27. The highest BCUT2D eigenvalue weighted by Crippen LogP contribution is 2.23. The summed E-state index contributed by atoms with van der Waals surface area (Å²) < 4.78 is 5.30. The minimum Gasteiger partial charge on any atom is -0.496 e. The highest BCUT2D eigenvalue weighted by atomic mass is 35.5. The molecule has 106 valence electrons. The van der Waals surface area contributed by atoms with Gasteiger partial charge in [0.15, 0.2) is 0 Å². The first-order valence-electron chi connectivity index (χ1n) is 6.65. The lowest BCUT2D eigenvalue weighted by Gasteiger charge is -2.14. The van der Waals surface area contributed by atoms with Gasteiger partial charge in [-0.1, -0.05) is 41.9 Å². The van der Waals surface area contributed by atoms with Crippen molar-refractivity contribution in [3.63, 3.8) is 0 Å². The summed E-state index contributed by atoms with van der Waals surface area (Å²) in [4.78, 5) is 0. The third kappa shape index (κ3) is 3.75. The van der Waals surface area contributed by atoms with Gasteiger partial charge in [-0.2, -0.15) is 0 Å². The highest BCUT2D eigenvalue weighted by molar-refractivity contribution is 6.31. The van der Waals surface area contributed by atoms with Crippen LogP contribution in [0.3, 0.4) is 0 Å². The van der Waals surface area contributed by atoms with E-state index in [0.29, 0.717) is 17.9 Å². The van der Waals surface area contributed by atoms with E-state index < -0.39 is 6.10 Å². The monoisotopic (exact) mass is 290 g/mol. The van der Waals surface area contributed by atoms with Crippen molar-refractivity contribution in [2.75, 3.05) is 7.11 Å². The number of halogens is 1. The maximum Gasteiger partial charge on any atom is 0.122 e. The van der Waals surface area contributed by atoms with E-state index in [0.717, 1.165) is 22.4 Å². The summed E-state index contributed by atoms with van der Waals surface area (Å²) in [6.45, 7) is 2.00. The second kappa shape index (κ2) is 6.78. The average molecular weight is 291 g/mol. The van der Waals surface area contributed by atoms with Gasteiger partial charge in [0.25, 0.3) is 0 Å². The number of methoxy groups -OCH3 is 1.